The van der Waals surface area contributed by atoms with Gasteiger partial charge in [0.2, 0.25) is 0 Å². The van der Waals surface area contributed by atoms with Gasteiger partial charge in [-0.05, 0) is 52.6 Å². The van der Waals surface area contributed by atoms with Crippen molar-refractivity contribution in [3.05, 3.63) is 56.7 Å². The normalized spacial score (nSPS) is 12.7. The van der Waals surface area contributed by atoms with E-state index in [0.29, 0.717) is 5.02 Å². The predicted octanol–water partition coefficient (Wildman–Crippen LogP) is 3.79. The zero-order valence-electron chi connectivity index (χ0n) is 8.27. The van der Waals surface area contributed by atoms with E-state index < -0.39 is 6.10 Å². The molecule has 0 aliphatic carbocycles. The Balaban J connectivity index is 2.37. The fourth-order valence-corrected chi connectivity index (χ4v) is 2.52. The Morgan fingerprint density at radius 3 is 2.67 bits per heavy atom. The summed E-state index contributed by atoms with van der Waals surface area (Å²) in [6.45, 7) is 1.97. The lowest BCUT2D eigenvalue weighted by atomic mass is 10.0. The summed E-state index contributed by atoms with van der Waals surface area (Å²) in [4.78, 5) is 0. The molecule has 0 aliphatic rings. The Morgan fingerprint density at radius 1 is 1.27 bits per heavy atom. The first-order valence-corrected chi connectivity index (χ1v) is 5.96. The fourth-order valence-electron chi connectivity index (χ4n) is 1.55. The molecule has 0 fully saturated rings. The minimum Gasteiger partial charge on any atom is -0.384 e. The molecule has 1 aromatic carbocycles. The van der Waals surface area contributed by atoms with Gasteiger partial charge in [-0.15, -0.1) is 0 Å². The minimum absolute atomic E-state index is 0.575. The van der Waals surface area contributed by atoms with E-state index in [-0.39, 0.29) is 0 Å². The number of aryl methyl sites for hydroxylation is 1. The zero-order chi connectivity index (χ0) is 10.8. The van der Waals surface area contributed by atoms with Crippen molar-refractivity contribution < 1.29 is 5.11 Å². The molecule has 78 valence electrons. The van der Waals surface area contributed by atoms with Crippen LogP contribution in [-0.4, -0.2) is 5.11 Å². The molecule has 2 rings (SSSR count). The number of hydrogen-bond acceptors (Lipinski definition) is 2. The summed E-state index contributed by atoms with van der Waals surface area (Å²) in [5.41, 5.74) is 2.83. The molecule has 0 saturated heterocycles. The van der Waals surface area contributed by atoms with Crippen LogP contribution in [0.5, 0.6) is 0 Å². The van der Waals surface area contributed by atoms with Crippen LogP contribution in [0.1, 0.15) is 22.8 Å². The molecule has 0 saturated carbocycles. The van der Waals surface area contributed by atoms with E-state index in [9.17, 15) is 5.11 Å². The van der Waals surface area contributed by atoms with Gasteiger partial charge in [0.05, 0.1) is 0 Å². The smallest absolute Gasteiger partial charge is 0.105 e. The molecule has 1 atom stereocenters. The summed E-state index contributed by atoms with van der Waals surface area (Å²) in [5, 5.41) is 14.6. The number of thiophene rings is 1. The number of rotatable bonds is 2. The quantitative estimate of drug-likeness (QED) is 0.844. The molecule has 2 aromatic rings. The first-order chi connectivity index (χ1) is 7.16. The van der Waals surface area contributed by atoms with Gasteiger partial charge in [0.1, 0.15) is 6.10 Å². The third-order valence-corrected chi connectivity index (χ3v) is 3.16. The van der Waals surface area contributed by atoms with E-state index in [4.69, 9.17) is 11.6 Å². The molecular formula is C12H11ClOS. The van der Waals surface area contributed by atoms with Crippen LogP contribution in [-0.2, 0) is 0 Å². The highest BCUT2D eigenvalue weighted by molar-refractivity contribution is 7.07. The lowest BCUT2D eigenvalue weighted by Gasteiger charge is -2.10. The van der Waals surface area contributed by atoms with Gasteiger partial charge in [0.15, 0.2) is 0 Å². The first kappa shape index (κ1) is 10.7. The maximum atomic E-state index is 10.1. The van der Waals surface area contributed by atoms with Crippen molar-refractivity contribution in [1.29, 1.82) is 0 Å². The SMILES string of the molecule is Cc1cc(Cl)cc(C(O)c2ccsc2)c1. The third-order valence-electron chi connectivity index (χ3n) is 2.24. The molecule has 0 radical (unpaired) electrons. The number of aliphatic hydroxyl groups excluding tert-OH is 1. The molecule has 1 heterocycles. The van der Waals surface area contributed by atoms with Gasteiger partial charge < -0.3 is 5.11 Å². The second kappa shape index (κ2) is 4.35. The van der Waals surface area contributed by atoms with Gasteiger partial charge >= 0.3 is 0 Å². The van der Waals surface area contributed by atoms with Gasteiger partial charge in [-0.25, -0.2) is 0 Å². The molecule has 0 spiro atoms. The van der Waals surface area contributed by atoms with Crippen molar-refractivity contribution in [2.24, 2.45) is 0 Å². The minimum atomic E-state index is -0.575. The molecule has 0 bridgehead atoms. The number of aliphatic hydroxyl groups is 1. The molecule has 0 amide bonds. The van der Waals surface area contributed by atoms with E-state index >= 15 is 0 Å². The van der Waals surface area contributed by atoms with Crippen molar-refractivity contribution in [2.75, 3.05) is 0 Å². The molecule has 0 aliphatic heterocycles. The molecule has 1 nitrogen and oxygen atoms in total. The highest BCUT2D eigenvalue weighted by atomic mass is 35.5. The Morgan fingerprint density at radius 2 is 2.07 bits per heavy atom. The number of benzene rings is 1. The summed E-state index contributed by atoms with van der Waals surface area (Å²) in [7, 11) is 0. The number of hydrogen-bond donors (Lipinski definition) is 1. The Hall–Kier alpha value is -0.830. The molecule has 15 heavy (non-hydrogen) atoms. The van der Waals surface area contributed by atoms with Crippen LogP contribution in [0, 0.1) is 6.92 Å². The second-order valence-corrected chi connectivity index (χ2v) is 4.74. The largest absolute Gasteiger partial charge is 0.384 e. The lowest BCUT2D eigenvalue weighted by Crippen LogP contribution is -1.98. The zero-order valence-corrected chi connectivity index (χ0v) is 9.85. The maximum Gasteiger partial charge on any atom is 0.105 e. The van der Waals surface area contributed by atoms with Crippen LogP contribution < -0.4 is 0 Å². The van der Waals surface area contributed by atoms with E-state index in [2.05, 4.69) is 0 Å². The van der Waals surface area contributed by atoms with Crippen molar-refractivity contribution in [1.82, 2.24) is 0 Å². The molecule has 3 heteroatoms. The summed E-state index contributed by atoms with van der Waals surface area (Å²) >= 11 is 7.53. The van der Waals surface area contributed by atoms with Crippen molar-refractivity contribution in [3.63, 3.8) is 0 Å². The van der Waals surface area contributed by atoms with E-state index in [1.807, 2.05) is 35.9 Å². The van der Waals surface area contributed by atoms with Gasteiger partial charge in [0, 0.05) is 5.02 Å². The van der Waals surface area contributed by atoms with Crippen molar-refractivity contribution in [3.8, 4) is 0 Å². The van der Waals surface area contributed by atoms with Crippen molar-refractivity contribution in [2.45, 2.75) is 13.0 Å². The molecule has 1 N–H and O–H groups in total. The summed E-state index contributed by atoms with van der Waals surface area (Å²) in [6.07, 6.45) is -0.575. The van der Waals surface area contributed by atoms with Crippen LogP contribution in [0.15, 0.2) is 35.0 Å². The van der Waals surface area contributed by atoms with Crippen LogP contribution >= 0.6 is 22.9 Å². The highest BCUT2D eigenvalue weighted by Crippen LogP contribution is 2.26. The lowest BCUT2D eigenvalue weighted by molar-refractivity contribution is 0.221. The predicted molar refractivity (Wildman–Crippen MR) is 64.6 cm³/mol. The van der Waals surface area contributed by atoms with Gasteiger partial charge in [0.25, 0.3) is 0 Å². The maximum absolute atomic E-state index is 10.1. The molecule has 1 aromatic heterocycles. The van der Waals surface area contributed by atoms with E-state index in [0.717, 1.165) is 16.7 Å². The van der Waals surface area contributed by atoms with Crippen LogP contribution in [0.3, 0.4) is 0 Å². The fraction of sp³-hybridized carbons (Fsp3) is 0.167. The number of halogens is 1. The van der Waals surface area contributed by atoms with Gasteiger partial charge in [-0.3, -0.25) is 0 Å². The summed E-state index contributed by atoms with van der Waals surface area (Å²) < 4.78 is 0. The standard InChI is InChI=1S/C12H11ClOS/c1-8-4-10(6-11(13)5-8)12(14)9-2-3-15-7-9/h2-7,12,14H,1H3. The van der Waals surface area contributed by atoms with E-state index in [1.54, 1.807) is 17.4 Å². The van der Waals surface area contributed by atoms with Crippen molar-refractivity contribution >= 4 is 22.9 Å². The summed E-state index contributed by atoms with van der Waals surface area (Å²) in [5.74, 6) is 0. The second-order valence-electron chi connectivity index (χ2n) is 3.52. The Bertz CT molecular complexity index is 430. The molecular weight excluding hydrogens is 228 g/mol. The van der Waals surface area contributed by atoms with E-state index in [1.165, 1.54) is 0 Å². The summed E-state index contributed by atoms with van der Waals surface area (Å²) in [6, 6.07) is 7.56. The average molecular weight is 239 g/mol. The Kier molecular flexibility index (Phi) is 3.10. The topological polar surface area (TPSA) is 20.2 Å². The van der Waals surface area contributed by atoms with Gasteiger partial charge in [-0.2, -0.15) is 11.3 Å². The first-order valence-electron chi connectivity index (χ1n) is 4.64. The highest BCUT2D eigenvalue weighted by Gasteiger charge is 2.11. The Labute approximate surface area is 98.0 Å². The van der Waals surface area contributed by atoms with Crippen LogP contribution in [0.25, 0.3) is 0 Å². The third kappa shape index (κ3) is 2.40. The van der Waals surface area contributed by atoms with Crippen LogP contribution in [0.2, 0.25) is 5.02 Å². The molecule has 1 unspecified atom stereocenters. The average Bonchev–Trinajstić information content (AvgIpc) is 2.67. The van der Waals surface area contributed by atoms with Crippen LogP contribution in [0.4, 0.5) is 0 Å². The monoisotopic (exact) mass is 238 g/mol. The van der Waals surface area contributed by atoms with Gasteiger partial charge in [-0.1, -0.05) is 17.7 Å².